The first kappa shape index (κ1) is 14.6. The first-order chi connectivity index (χ1) is 9.50. The molecule has 106 valence electrons. The lowest BCUT2D eigenvalue weighted by atomic mass is 9.86. The van der Waals surface area contributed by atoms with Crippen LogP contribution in [0.1, 0.15) is 44.4 Å². The Hall–Kier alpha value is -1.76. The number of hydrogen-bond acceptors (Lipinski definition) is 1. The number of aryl methyl sites for hydroxylation is 1. The fourth-order valence-corrected chi connectivity index (χ4v) is 2.20. The fraction of sp³-hybridized carbons (Fsp3) is 0.368. The Labute approximate surface area is 122 Å². The molecule has 2 aromatic carbocycles. The van der Waals surface area contributed by atoms with Gasteiger partial charge in [-0.2, -0.15) is 0 Å². The summed E-state index contributed by atoms with van der Waals surface area (Å²) in [4.78, 5) is 0. The maximum Gasteiger partial charge on any atom is 0.123 e. The van der Waals surface area contributed by atoms with Crippen molar-refractivity contribution in [1.29, 1.82) is 0 Å². The van der Waals surface area contributed by atoms with Gasteiger partial charge in [0.2, 0.25) is 0 Å². The second-order valence-electron chi connectivity index (χ2n) is 6.20. The Morgan fingerprint density at radius 3 is 2.25 bits per heavy atom. The van der Waals surface area contributed by atoms with Gasteiger partial charge >= 0.3 is 0 Å². The Morgan fingerprint density at radius 2 is 1.65 bits per heavy atom. The highest BCUT2D eigenvalue weighted by atomic mass is 16.5. The summed E-state index contributed by atoms with van der Waals surface area (Å²) in [5.74, 6) is 1.00. The summed E-state index contributed by atoms with van der Waals surface area (Å²) in [7, 11) is 0. The molecule has 0 fully saturated rings. The lowest BCUT2D eigenvalue weighted by Crippen LogP contribution is -2.11. The van der Waals surface area contributed by atoms with E-state index in [2.05, 4.69) is 58.0 Å². The van der Waals surface area contributed by atoms with E-state index < -0.39 is 0 Å². The van der Waals surface area contributed by atoms with Gasteiger partial charge in [0.1, 0.15) is 12.4 Å². The van der Waals surface area contributed by atoms with E-state index in [0.29, 0.717) is 6.61 Å². The number of rotatable bonds is 4. The second-order valence-corrected chi connectivity index (χ2v) is 6.20. The zero-order chi connectivity index (χ0) is 14.6. The lowest BCUT2D eigenvalue weighted by molar-refractivity contribution is 0.303. The Bertz CT molecular complexity index is 550. The molecule has 0 amide bonds. The van der Waals surface area contributed by atoms with Crippen LogP contribution in [0.3, 0.4) is 0 Å². The zero-order valence-electron chi connectivity index (χ0n) is 12.9. The molecule has 2 rings (SSSR count). The van der Waals surface area contributed by atoms with Gasteiger partial charge in [0.15, 0.2) is 0 Å². The molecule has 0 aliphatic heterocycles. The van der Waals surface area contributed by atoms with Crippen LogP contribution in [0.5, 0.6) is 5.75 Å². The van der Waals surface area contributed by atoms with Crippen molar-refractivity contribution < 1.29 is 4.74 Å². The Morgan fingerprint density at radius 1 is 0.950 bits per heavy atom. The smallest absolute Gasteiger partial charge is 0.123 e. The Balaban J connectivity index is 2.16. The van der Waals surface area contributed by atoms with Gasteiger partial charge in [0.05, 0.1) is 0 Å². The molecule has 0 saturated carbocycles. The summed E-state index contributed by atoms with van der Waals surface area (Å²) in [6.07, 6.45) is 0.994. The average Bonchev–Trinajstić information content (AvgIpc) is 2.45. The normalized spacial score (nSPS) is 11.4. The topological polar surface area (TPSA) is 9.23 Å². The summed E-state index contributed by atoms with van der Waals surface area (Å²) in [6, 6.07) is 16.9. The maximum atomic E-state index is 5.98. The van der Waals surface area contributed by atoms with Crippen LogP contribution in [0.2, 0.25) is 0 Å². The van der Waals surface area contributed by atoms with Crippen LogP contribution >= 0.6 is 0 Å². The minimum Gasteiger partial charge on any atom is -0.489 e. The van der Waals surface area contributed by atoms with Crippen molar-refractivity contribution in [1.82, 2.24) is 0 Å². The quantitative estimate of drug-likeness (QED) is 0.747. The van der Waals surface area contributed by atoms with Gasteiger partial charge in [-0.3, -0.25) is 0 Å². The van der Waals surface area contributed by atoms with Gasteiger partial charge in [-0.25, -0.2) is 0 Å². The SMILES string of the molecule is CCc1cc(C(C)(C)C)ccc1OCc1ccccc1. The molecule has 0 bridgehead atoms. The van der Waals surface area contributed by atoms with E-state index in [4.69, 9.17) is 4.74 Å². The van der Waals surface area contributed by atoms with E-state index in [-0.39, 0.29) is 5.41 Å². The van der Waals surface area contributed by atoms with Crippen LogP contribution in [-0.2, 0) is 18.4 Å². The number of ether oxygens (including phenoxy) is 1. The van der Waals surface area contributed by atoms with Gasteiger partial charge < -0.3 is 4.74 Å². The molecule has 0 aromatic heterocycles. The van der Waals surface area contributed by atoms with E-state index in [1.165, 1.54) is 16.7 Å². The minimum atomic E-state index is 0.182. The second kappa shape index (κ2) is 6.13. The fourth-order valence-electron chi connectivity index (χ4n) is 2.20. The summed E-state index contributed by atoms with van der Waals surface area (Å²) < 4.78 is 5.98. The summed E-state index contributed by atoms with van der Waals surface area (Å²) in [6.45, 7) is 9.53. The predicted octanol–water partition coefficient (Wildman–Crippen LogP) is 5.13. The highest BCUT2D eigenvalue weighted by Gasteiger charge is 2.15. The molecule has 2 aromatic rings. The van der Waals surface area contributed by atoms with Crippen LogP contribution in [-0.4, -0.2) is 0 Å². The van der Waals surface area contributed by atoms with Gasteiger partial charge in [0, 0.05) is 0 Å². The third-order valence-corrected chi connectivity index (χ3v) is 3.54. The van der Waals surface area contributed by atoms with E-state index in [1.807, 2.05) is 18.2 Å². The van der Waals surface area contributed by atoms with Gasteiger partial charge in [0.25, 0.3) is 0 Å². The number of hydrogen-bond donors (Lipinski definition) is 0. The lowest BCUT2D eigenvalue weighted by Gasteiger charge is -2.21. The third-order valence-electron chi connectivity index (χ3n) is 3.54. The van der Waals surface area contributed by atoms with Gasteiger partial charge in [-0.1, -0.05) is 70.2 Å². The van der Waals surface area contributed by atoms with Crippen LogP contribution < -0.4 is 4.74 Å². The van der Waals surface area contributed by atoms with Gasteiger partial charge in [-0.15, -0.1) is 0 Å². The molecule has 0 heterocycles. The van der Waals surface area contributed by atoms with E-state index in [1.54, 1.807) is 0 Å². The van der Waals surface area contributed by atoms with Crippen molar-refractivity contribution in [2.75, 3.05) is 0 Å². The molecular weight excluding hydrogens is 244 g/mol. The molecule has 0 spiro atoms. The standard InChI is InChI=1S/C19H24O/c1-5-16-13-17(19(2,3)4)11-12-18(16)20-14-15-9-7-6-8-10-15/h6-13H,5,14H2,1-4H3. The van der Waals surface area contributed by atoms with Crippen molar-refractivity contribution in [2.45, 2.75) is 46.1 Å². The summed E-state index contributed by atoms with van der Waals surface area (Å²) in [5.41, 5.74) is 4.03. The molecule has 1 nitrogen and oxygen atoms in total. The molecular formula is C19H24O. The average molecular weight is 268 g/mol. The molecule has 1 heteroatoms. The van der Waals surface area contributed by atoms with Crippen LogP contribution in [0.25, 0.3) is 0 Å². The molecule has 0 unspecified atom stereocenters. The molecule has 0 aliphatic rings. The van der Waals surface area contributed by atoms with Crippen LogP contribution in [0, 0.1) is 0 Å². The highest BCUT2D eigenvalue weighted by molar-refractivity contribution is 5.39. The molecule has 0 radical (unpaired) electrons. The van der Waals surface area contributed by atoms with Crippen LogP contribution in [0.15, 0.2) is 48.5 Å². The van der Waals surface area contributed by atoms with Crippen molar-refractivity contribution >= 4 is 0 Å². The van der Waals surface area contributed by atoms with E-state index in [9.17, 15) is 0 Å². The molecule has 0 saturated heterocycles. The van der Waals surface area contributed by atoms with Gasteiger partial charge in [-0.05, 0) is 34.6 Å². The largest absolute Gasteiger partial charge is 0.489 e. The summed E-state index contributed by atoms with van der Waals surface area (Å²) in [5, 5.41) is 0. The molecule has 20 heavy (non-hydrogen) atoms. The zero-order valence-corrected chi connectivity index (χ0v) is 12.9. The molecule has 0 N–H and O–H groups in total. The first-order valence-electron chi connectivity index (χ1n) is 7.31. The van der Waals surface area contributed by atoms with Crippen LogP contribution in [0.4, 0.5) is 0 Å². The monoisotopic (exact) mass is 268 g/mol. The number of benzene rings is 2. The van der Waals surface area contributed by atoms with E-state index in [0.717, 1.165) is 12.2 Å². The third kappa shape index (κ3) is 3.63. The Kier molecular flexibility index (Phi) is 4.49. The minimum absolute atomic E-state index is 0.182. The van der Waals surface area contributed by atoms with Crippen molar-refractivity contribution in [3.05, 3.63) is 65.2 Å². The highest BCUT2D eigenvalue weighted by Crippen LogP contribution is 2.28. The summed E-state index contributed by atoms with van der Waals surface area (Å²) >= 11 is 0. The van der Waals surface area contributed by atoms with Crippen molar-refractivity contribution in [3.63, 3.8) is 0 Å². The maximum absolute atomic E-state index is 5.98. The molecule has 0 atom stereocenters. The van der Waals surface area contributed by atoms with E-state index >= 15 is 0 Å². The van der Waals surface area contributed by atoms with Crippen molar-refractivity contribution in [3.8, 4) is 5.75 Å². The first-order valence-corrected chi connectivity index (χ1v) is 7.31. The molecule has 0 aliphatic carbocycles. The predicted molar refractivity (Wildman–Crippen MR) is 85.3 cm³/mol. The van der Waals surface area contributed by atoms with Crippen molar-refractivity contribution in [2.24, 2.45) is 0 Å².